The molecule has 102 valence electrons. The molecule has 0 aliphatic heterocycles. The maximum atomic E-state index is 12.4. The van der Waals surface area contributed by atoms with Crippen LogP contribution in [0.1, 0.15) is 15.4 Å². The van der Waals surface area contributed by atoms with Gasteiger partial charge in [-0.25, -0.2) is 0 Å². The number of hydrogen-bond donors (Lipinski definition) is 0. The fourth-order valence-electron chi connectivity index (χ4n) is 2.02. The average Bonchev–Trinajstić information content (AvgIpc) is 3.06. The molecule has 2 aromatic heterocycles. The van der Waals surface area contributed by atoms with Crippen LogP contribution in [-0.2, 0) is 6.54 Å². The number of halogens is 1. The third kappa shape index (κ3) is 2.64. The SMILES string of the molecule is CN(Cc1cccs1)C(=O)c1cc2cc(Br)ccc2o1. The molecule has 3 aromatic rings. The van der Waals surface area contributed by atoms with Crippen LogP contribution in [0.4, 0.5) is 0 Å². The van der Waals surface area contributed by atoms with Gasteiger partial charge in [-0.3, -0.25) is 4.79 Å². The van der Waals surface area contributed by atoms with Gasteiger partial charge in [0, 0.05) is 21.8 Å². The normalized spacial score (nSPS) is 10.9. The van der Waals surface area contributed by atoms with E-state index in [1.54, 1.807) is 29.4 Å². The lowest BCUT2D eigenvalue weighted by atomic mass is 10.2. The second-order valence-electron chi connectivity index (χ2n) is 4.53. The topological polar surface area (TPSA) is 33.5 Å². The lowest BCUT2D eigenvalue weighted by molar-refractivity contribution is 0.0757. The highest BCUT2D eigenvalue weighted by Gasteiger charge is 2.17. The molecule has 0 saturated carbocycles. The number of hydrogen-bond acceptors (Lipinski definition) is 3. The van der Waals surface area contributed by atoms with Gasteiger partial charge in [0.05, 0.1) is 6.54 Å². The van der Waals surface area contributed by atoms with E-state index in [-0.39, 0.29) is 5.91 Å². The number of carbonyl (C=O) groups is 1. The van der Waals surface area contributed by atoms with E-state index in [4.69, 9.17) is 4.42 Å². The van der Waals surface area contributed by atoms with Crippen LogP contribution in [0.25, 0.3) is 11.0 Å². The Bertz CT molecular complexity index is 748. The minimum absolute atomic E-state index is 0.106. The molecule has 5 heteroatoms. The number of fused-ring (bicyclic) bond motifs is 1. The van der Waals surface area contributed by atoms with Gasteiger partial charge in [-0.15, -0.1) is 11.3 Å². The van der Waals surface area contributed by atoms with E-state index in [1.165, 1.54) is 0 Å². The van der Waals surface area contributed by atoms with Crippen molar-refractivity contribution < 1.29 is 9.21 Å². The zero-order chi connectivity index (χ0) is 14.1. The van der Waals surface area contributed by atoms with E-state index in [0.717, 1.165) is 20.3 Å². The van der Waals surface area contributed by atoms with Crippen molar-refractivity contribution in [2.45, 2.75) is 6.54 Å². The van der Waals surface area contributed by atoms with Crippen LogP contribution >= 0.6 is 27.3 Å². The van der Waals surface area contributed by atoms with E-state index in [1.807, 2.05) is 35.7 Å². The summed E-state index contributed by atoms with van der Waals surface area (Å²) in [5.74, 6) is 0.267. The van der Waals surface area contributed by atoms with Crippen molar-refractivity contribution >= 4 is 44.1 Å². The Morgan fingerprint density at radius 1 is 1.35 bits per heavy atom. The highest BCUT2D eigenvalue weighted by atomic mass is 79.9. The molecule has 0 radical (unpaired) electrons. The van der Waals surface area contributed by atoms with E-state index >= 15 is 0 Å². The number of thiophene rings is 1. The number of nitrogens with zero attached hydrogens (tertiary/aromatic N) is 1. The van der Waals surface area contributed by atoms with Gasteiger partial charge in [0.15, 0.2) is 5.76 Å². The second-order valence-corrected chi connectivity index (χ2v) is 6.48. The molecule has 1 aromatic carbocycles. The van der Waals surface area contributed by atoms with E-state index in [0.29, 0.717) is 12.3 Å². The summed E-state index contributed by atoms with van der Waals surface area (Å²) < 4.78 is 6.59. The summed E-state index contributed by atoms with van der Waals surface area (Å²) in [6, 6.07) is 11.5. The molecule has 1 amide bonds. The fraction of sp³-hybridized carbons (Fsp3) is 0.133. The first-order chi connectivity index (χ1) is 9.63. The third-order valence-electron chi connectivity index (χ3n) is 3.01. The summed E-state index contributed by atoms with van der Waals surface area (Å²) in [7, 11) is 1.78. The molecule has 2 heterocycles. The Morgan fingerprint density at radius 2 is 2.20 bits per heavy atom. The molecule has 0 spiro atoms. The molecule has 20 heavy (non-hydrogen) atoms. The number of carbonyl (C=O) groups excluding carboxylic acids is 1. The second kappa shape index (κ2) is 5.42. The molecule has 0 aliphatic carbocycles. The Balaban J connectivity index is 1.84. The monoisotopic (exact) mass is 349 g/mol. The Hall–Kier alpha value is -1.59. The summed E-state index contributed by atoms with van der Waals surface area (Å²) in [6.45, 7) is 0.594. The molecule has 0 N–H and O–H groups in total. The van der Waals surface area contributed by atoms with Crippen LogP contribution in [0.3, 0.4) is 0 Å². The predicted octanol–water partition coefficient (Wildman–Crippen LogP) is 4.53. The van der Waals surface area contributed by atoms with Crippen molar-refractivity contribution in [1.82, 2.24) is 4.90 Å². The quantitative estimate of drug-likeness (QED) is 0.695. The highest BCUT2D eigenvalue weighted by Crippen LogP contribution is 2.24. The zero-order valence-corrected chi connectivity index (χ0v) is 13.2. The predicted molar refractivity (Wildman–Crippen MR) is 84.0 cm³/mol. The minimum atomic E-state index is -0.106. The summed E-state index contributed by atoms with van der Waals surface area (Å²) in [6.07, 6.45) is 0. The van der Waals surface area contributed by atoms with Crippen LogP contribution < -0.4 is 0 Å². The van der Waals surface area contributed by atoms with Crippen molar-refractivity contribution in [2.75, 3.05) is 7.05 Å². The largest absolute Gasteiger partial charge is 0.451 e. The van der Waals surface area contributed by atoms with Gasteiger partial charge < -0.3 is 9.32 Å². The molecule has 0 unspecified atom stereocenters. The van der Waals surface area contributed by atoms with Crippen molar-refractivity contribution in [1.29, 1.82) is 0 Å². The molecular weight excluding hydrogens is 338 g/mol. The van der Waals surface area contributed by atoms with Crippen molar-refractivity contribution in [3.8, 4) is 0 Å². The number of rotatable bonds is 3. The molecule has 0 fully saturated rings. The molecule has 0 aliphatic rings. The van der Waals surface area contributed by atoms with Crippen molar-refractivity contribution in [2.24, 2.45) is 0 Å². The van der Waals surface area contributed by atoms with Gasteiger partial charge in [0.25, 0.3) is 5.91 Å². The lowest BCUT2D eigenvalue weighted by Crippen LogP contribution is -2.25. The Morgan fingerprint density at radius 3 is 2.95 bits per heavy atom. The van der Waals surface area contributed by atoms with Gasteiger partial charge in [-0.2, -0.15) is 0 Å². The van der Waals surface area contributed by atoms with Gasteiger partial charge >= 0.3 is 0 Å². The smallest absolute Gasteiger partial charge is 0.289 e. The summed E-state index contributed by atoms with van der Waals surface area (Å²) in [5.41, 5.74) is 0.723. The highest BCUT2D eigenvalue weighted by molar-refractivity contribution is 9.10. The third-order valence-corrected chi connectivity index (χ3v) is 4.36. The summed E-state index contributed by atoms with van der Waals surface area (Å²) in [5, 5.41) is 2.93. The van der Waals surface area contributed by atoms with Gasteiger partial charge in [-0.05, 0) is 35.7 Å². The molecule has 3 rings (SSSR count). The molecule has 3 nitrogen and oxygen atoms in total. The van der Waals surface area contributed by atoms with Gasteiger partial charge in [0.2, 0.25) is 0 Å². The van der Waals surface area contributed by atoms with Crippen LogP contribution in [0.2, 0.25) is 0 Å². The van der Waals surface area contributed by atoms with Gasteiger partial charge in [-0.1, -0.05) is 22.0 Å². The van der Waals surface area contributed by atoms with Crippen molar-refractivity contribution in [3.05, 3.63) is 56.9 Å². The lowest BCUT2D eigenvalue weighted by Gasteiger charge is -2.14. The molecule has 0 atom stereocenters. The molecule has 0 saturated heterocycles. The van der Waals surface area contributed by atoms with Crippen LogP contribution in [-0.4, -0.2) is 17.9 Å². The zero-order valence-electron chi connectivity index (χ0n) is 10.8. The first kappa shape index (κ1) is 13.4. The van der Waals surface area contributed by atoms with E-state index in [9.17, 15) is 4.79 Å². The number of amides is 1. The summed E-state index contributed by atoms with van der Waals surface area (Å²) >= 11 is 5.05. The Labute approximate surface area is 128 Å². The van der Waals surface area contributed by atoms with Crippen molar-refractivity contribution in [3.63, 3.8) is 0 Å². The first-order valence-corrected chi connectivity index (χ1v) is 7.78. The van der Waals surface area contributed by atoms with Crippen LogP contribution in [0.5, 0.6) is 0 Å². The standard InChI is InChI=1S/C15H12BrNO2S/c1-17(9-12-3-2-6-20-12)15(18)14-8-10-7-11(16)4-5-13(10)19-14/h2-8H,9H2,1H3. The molecule has 0 bridgehead atoms. The number of furan rings is 1. The maximum absolute atomic E-state index is 12.4. The maximum Gasteiger partial charge on any atom is 0.289 e. The fourth-order valence-corrected chi connectivity index (χ4v) is 3.15. The Kier molecular flexibility index (Phi) is 3.63. The first-order valence-electron chi connectivity index (χ1n) is 6.10. The van der Waals surface area contributed by atoms with Crippen LogP contribution in [0.15, 0.2) is 50.7 Å². The number of benzene rings is 1. The van der Waals surface area contributed by atoms with E-state index < -0.39 is 0 Å². The minimum Gasteiger partial charge on any atom is -0.451 e. The van der Waals surface area contributed by atoms with Gasteiger partial charge in [0.1, 0.15) is 5.58 Å². The average molecular weight is 350 g/mol. The van der Waals surface area contributed by atoms with E-state index in [2.05, 4.69) is 15.9 Å². The van der Waals surface area contributed by atoms with Crippen LogP contribution in [0, 0.1) is 0 Å². The molecular formula is C15H12BrNO2S. The summed E-state index contributed by atoms with van der Waals surface area (Å²) in [4.78, 5) is 15.2.